The number of nitrogens with one attached hydrogen (secondary N) is 1. The summed E-state index contributed by atoms with van der Waals surface area (Å²) in [7, 11) is 0. The van der Waals surface area contributed by atoms with E-state index in [-0.39, 0.29) is 11.9 Å². The normalized spacial score (nSPS) is 12.4. The van der Waals surface area contributed by atoms with Crippen molar-refractivity contribution < 1.29 is 4.39 Å². The van der Waals surface area contributed by atoms with Gasteiger partial charge in [-0.3, -0.25) is 0 Å². The quantitative estimate of drug-likeness (QED) is 0.837. The van der Waals surface area contributed by atoms with Crippen molar-refractivity contribution in [3.63, 3.8) is 0 Å². The Morgan fingerprint density at radius 1 is 1.10 bits per heavy atom. The zero-order valence-electron chi connectivity index (χ0n) is 12.0. The summed E-state index contributed by atoms with van der Waals surface area (Å²) < 4.78 is 14.7. The van der Waals surface area contributed by atoms with Crippen LogP contribution >= 0.6 is 15.9 Å². The van der Waals surface area contributed by atoms with Crippen molar-refractivity contribution in [1.29, 1.82) is 0 Å². The molecule has 106 valence electrons. The third kappa shape index (κ3) is 3.10. The largest absolute Gasteiger partial charge is 0.306 e. The van der Waals surface area contributed by atoms with Crippen LogP contribution in [-0.2, 0) is 0 Å². The molecule has 1 atom stereocenters. The summed E-state index contributed by atoms with van der Waals surface area (Å²) in [4.78, 5) is 0. The van der Waals surface area contributed by atoms with E-state index in [9.17, 15) is 4.39 Å². The first-order valence-electron chi connectivity index (χ1n) is 6.79. The summed E-state index contributed by atoms with van der Waals surface area (Å²) in [6.07, 6.45) is 0. The molecule has 0 aliphatic rings. The van der Waals surface area contributed by atoms with E-state index in [2.05, 4.69) is 47.2 Å². The van der Waals surface area contributed by atoms with Gasteiger partial charge in [-0.15, -0.1) is 0 Å². The molecule has 1 unspecified atom stereocenters. The second kappa shape index (κ2) is 6.51. The highest BCUT2D eigenvalue weighted by Crippen LogP contribution is 2.32. The first-order valence-corrected chi connectivity index (χ1v) is 7.58. The topological polar surface area (TPSA) is 12.0 Å². The average molecular weight is 336 g/mol. The van der Waals surface area contributed by atoms with Crippen LogP contribution in [0.5, 0.6) is 0 Å². The minimum absolute atomic E-state index is 0.00928. The summed E-state index contributed by atoms with van der Waals surface area (Å²) >= 11 is 3.66. The molecule has 2 rings (SSSR count). The number of aryl methyl sites for hydroxylation is 2. The van der Waals surface area contributed by atoms with Crippen LogP contribution in [0.1, 0.15) is 35.2 Å². The predicted molar refractivity (Wildman–Crippen MR) is 85.5 cm³/mol. The van der Waals surface area contributed by atoms with Crippen molar-refractivity contribution >= 4 is 15.9 Å². The summed E-state index contributed by atoms with van der Waals surface area (Å²) in [5.74, 6) is -0.197. The minimum atomic E-state index is -0.197. The molecule has 0 spiro atoms. The van der Waals surface area contributed by atoms with Crippen molar-refractivity contribution in [1.82, 2.24) is 5.32 Å². The third-order valence-corrected chi connectivity index (χ3v) is 4.58. The van der Waals surface area contributed by atoms with Crippen molar-refractivity contribution in [2.45, 2.75) is 26.8 Å². The standard InChI is InChI=1S/C17H19BrFN/c1-4-20-17(14-7-5-6-12(3)16(14)18)15-10-13(19)9-8-11(15)2/h5-10,17,20H,4H2,1-3H3. The van der Waals surface area contributed by atoms with Gasteiger partial charge in [-0.25, -0.2) is 4.39 Å². The fourth-order valence-electron chi connectivity index (χ4n) is 2.41. The molecule has 0 bridgehead atoms. The zero-order valence-corrected chi connectivity index (χ0v) is 13.6. The maximum absolute atomic E-state index is 13.6. The highest BCUT2D eigenvalue weighted by atomic mass is 79.9. The SMILES string of the molecule is CCNC(c1cc(F)ccc1C)c1cccc(C)c1Br. The van der Waals surface area contributed by atoms with Crippen LogP contribution in [0.3, 0.4) is 0 Å². The van der Waals surface area contributed by atoms with E-state index in [4.69, 9.17) is 0 Å². The van der Waals surface area contributed by atoms with Crippen LogP contribution in [0.4, 0.5) is 4.39 Å². The van der Waals surface area contributed by atoms with Gasteiger partial charge < -0.3 is 5.32 Å². The number of hydrogen-bond acceptors (Lipinski definition) is 1. The van der Waals surface area contributed by atoms with Gasteiger partial charge in [-0.2, -0.15) is 0 Å². The Labute approximate surface area is 128 Å². The van der Waals surface area contributed by atoms with Crippen LogP contribution in [0.2, 0.25) is 0 Å². The number of hydrogen-bond donors (Lipinski definition) is 1. The summed E-state index contributed by atoms with van der Waals surface area (Å²) in [6, 6.07) is 11.1. The van der Waals surface area contributed by atoms with E-state index in [1.165, 1.54) is 11.6 Å². The number of halogens is 2. The van der Waals surface area contributed by atoms with E-state index in [1.54, 1.807) is 6.07 Å². The molecule has 0 radical (unpaired) electrons. The summed E-state index contributed by atoms with van der Waals surface area (Å²) in [6.45, 7) is 6.96. The van der Waals surface area contributed by atoms with Crippen molar-refractivity contribution in [2.75, 3.05) is 6.54 Å². The zero-order chi connectivity index (χ0) is 14.7. The fourth-order valence-corrected chi connectivity index (χ4v) is 2.90. The first kappa shape index (κ1) is 15.2. The molecule has 0 aliphatic carbocycles. The highest BCUT2D eigenvalue weighted by molar-refractivity contribution is 9.10. The Balaban J connectivity index is 2.56. The lowest BCUT2D eigenvalue weighted by Crippen LogP contribution is -2.23. The third-order valence-electron chi connectivity index (χ3n) is 3.49. The van der Waals surface area contributed by atoms with Crippen LogP contribution in [0, 0.1) is 19.7 Å². The molecule has 3 heteroatoms. The monoisotopic (exact) mass is 335 g/mol. The second-order valence-electron chi connectivity index (χ2n) is 4.97. The van der Waals surface area contributed by atoms with Gasteiger partial charge in [-0.1, -0.05) is 47.1 Å². The molecule has 1 N–H and O–H groups in total. The van der Waals surface area contributed by atoms with E-state index < -0.39 is 0 Å². The van der Waals surface area contributed by atoms with Gasteiger partial charge in [0.1, 0.15) is 5.82 Å². The van der Waals surface area contributed by atoms with E-state index in [0.29, 0.717) is 0 Å². The Kier molecular flexibility index (Phi) is 4.95. The molecule has 2 aromatic rings. The molecule has 2 aromatic carbocycles. The summed E-state index contributed by atoms with van der Waals surface area (Å²) in [5, 5.41) is 3.45. The van der Waals surface area contributed by atoms with Gasteiger partial charge in [0.25, 0.3) is 0 Å². The van der Waals surface area contributed by atoms with Crippen molar-refractivity contribution in [3.8, 4) is 0 Å². The van der Waals surface area contributed by atoms with Gasteiger partial charge in [0.05, 0.1) is 6.04 Å². The predicted octanol–water partition coefficient (Wildman–Crippen LogP) is 4.90. The number of benzene rings is 2. The van der Waals surface area contributed by atoms with Gasteiger partial charge in [-0.05, 0) is 54.8 Å². The Hall–Kier alpha value is -1.19. The maximum atomic E-state index is 13.6. The lowest BCUT2D eigenvalue weighted by molar-refractivity contribution is 0.599. The van der Waals surface area contributed by atoms with Gasteiger partial charge in [0.15, 0.2) is 0 Å². The van der Waals surface area contributed by atoms with Crippen LogP contribution in [0.15, 0.2) is 40.9 Å². The molecule has 0 saturated heterocycles. The summed E-state index contributed by atoms with van der Waals surface area (Å²) in [5.41, 5.74) is 4.39. The molecular formula is C17H19BrFN. The van der Waals surface area contributed by atoms with Gasteiger partial charge in [0, 0.05) is 4.47 Å². The first-order chi connectivity index (χ1) is 9.54. The van der Waals surface area contributed by atoms with E-state index >= 15 is 0 Å². The molecule has 0 aromatic heterocycles. The lowest BCUT2D eigenvalue weighted by Gasteiger charge is -2.23. The Bertz CT molecular complexity index is 608. The minimum Gasteiger partial charge on any atom is -0.306 e. The van der Waals surface area contributed by atoms with Gasteiger partial charge >= 0.3 is 0 Å². The highest BCUT2D eigenvalue weighted by Gasteiger charge is 2.19. The average Bonchev–Trinajstić information content (AvgIpc) is 2.43. The molecular weight excluding hydrogens is 317 g/mol. The number of rotatable bonds is 4. The Morgan fingerprint density at radius 3 is 2.55 bits per heavy atom. The molecule has 0 saturated carbocycles. The molecule has 0 heterocycles. The van der Waals surface area contributed by atoms with Gasteiger partial charge in [0.2, 0.25) is 0 Å². The fraction of sp³-hybridized carbons (Fsp3) is 0.294. The van der Waals surface area contributed by atoms with Crippen LogP contribution < -0.4 is 5.32 Å². The van der Waals surface area contributed by atoms with Crippen molar-refractivity contribution in [2.24, 2.45) is 0 Å². The van der Waals surface area contributed by atoms with E-state index in [1.807, 2.05) is 19.1 Å². The molecule has 0 fully saturated rings. The smallest absolute Gasteiger partial charge is 0.123 e. The molecule has 0 aliphatic heterocycles. The van der Waals surface area contributed by atoms with Crippen molar-refractivity contribution in [3.05, 3.63) is 68.9 Å². The maximum Gasteiger partial charge on any atom is 0.123 e. The molecule has 1 nitrogen and oxygen atoms in total. The van der Waals surface area contributed by atoms with Crippen LogP contribution in [0.25, 0.3) is 0 Å². The molecule has 0 amide bonds. The second-order valence-corrected chi connectivity index (χ2v) is 5.76. The molecule has 20 heavy (non-hydrogen) atoms. The van der Waals surface area contributed by atoms with Crippen LogP contribution in [-0.4, -0.2) is 6.54 Å². The Morgan fingerprint density at radius 2 is 1.85 bits per heavy atom. The lowest BCUT2D eigenvalue weighted by atomic mass is 9.94. The van der Waals surface area contributed by atoms with E-state index in [0.717, 1.165) is 27.7 Å².